The highest BCUT2D eigenvalue weighted by Gasteiger charge is 2.23. The summed E-state index contributed by atoms with van der Waals surface area (Å²) in [6.07, 6.45) is 5.65. The number of hydrogen-bond acceptors (Lipinski definition) is 5. The van der Waals surface area contributed by atoms with Gasteiger partial charge in [0.15, 0.2) is 5.17 Å². The molecule has 1 aliphatic rings. The van der Waals surface area contributed by atoms with Crippen molar-refractivity contribution in [3.05, 3.63) is 71.2 Å². The van der Waals surface area contributed by atoms with E-state index in [2.05, 4.69) is 27.3 Å². The van der Waals surface area contributed by atoms with Crippen molar-refractivity contribution in [3.8, 4) is 5.75 Å². The van der Waals surface area contributed by atoms with Gasteiger partial charge in [-0.05, 0) is 59.8 Å². The van der Waals surface area contributed by atoms with Gasteiger partial charge in [-0.2, -0.15) is 0 Å². The molecule has 27 heavy (non-hydrogen) atoms. The van der Waals surface area contributed by atoms with Crippen molar-refractivity contribution in [1.82, 2.24) is 5.32 Å². The number of amides is 1. The van der Waals surface area contributed by atoms with Crippen molar-refractivity contribution in [1.29, 1.82) is 0 Å². The summed E-state index contributed by atoms with van der Waals surface area (Å²) in [7, 11) is 5.64. The quantitative estimate of drug-likeness (QED) is 0.791. The molecule has 0 radical (unpaired) electrons. The average molecular weight is 379 g/mol. The predicted octanol–water partition coefficient (Wildman–Crippen LogP) is 4.21. The third-order valence-electron chi connectivity index (χ3n) is 3.90. The molecule has 2 aromatic rings. The number of amidine groups is 1. The van der Waals surface area contributed by atoms with Gasteiger partial charge in [0, 0.05) is 19.8 Å². The summed E-state index contributed by atoms with van der Waals surface area (Å²) in [6.45, 7) is 0. The van der Waals surface area contributed by atoms with Crippen LogP contribution in [0.25, 0.3) is 6.08 Å². The molecular formula is C21H21N3O2S. The SMILES string of the molecule is COc1ccc(N=C2NC(=O)/C(=C\C=C\c3ccc(N(C)C)cc3)S2)cc1. The van der Waals surface area contributed by atoms with Gasteiger partial charge in [0.05, 0.1) is 17.7 Å². The maximum absolute atomic E-state index is 12.1. The van der Waals surface area contributed by atoms with Crippen molar-refractivity contribution in [2.75, 3.05) is 26.1 Å². The minimum Gasteiger partial charge on any atom is -0.497 e. The lowest BCUT2D eigenvalue weighted by Crippen LogP contribution is -2.19. The minimum atomic E-state index is -0.139. The summed E-state index contributed by atoms with van der Waals surface area (Å²) in [5, 5.41) is 3.35. The van der Waals surface area contributed by atoms with E-state index in [1.807, 2.05) is 62.6 Å². The van der Waals surface area contributed by atoms with Gasteiger partial charge in [0.2, 0.25) is 0 Å². The van der Waals surface area contributed by atoms with Gasteiger partial charge in [0.1, 0.15) is 5.75 Å². The van der Waals surface area contributed by atoms with Crippen LogP contribution in [-0.4, -0.2) is 32.3 Å². The van der Waals surface area contributed by atoms with Crippen molar-refractivity contribution in [3.63, 3.8) is 0 Å². The molecule has 6 heteroatoms. The Morgan fingerprint density at radius 3 is 2.41 bits per heavy atom. The molecule has 2 aromatic carbocycles. The number of hydrogen-bond donors (Lipinski definition) is 1. The Bertz CT molecular complexity index is 898. The molecule has 0 saturated carbocycles. The molecule has 0 bridgehead atoms. The Hall–Kier alpha value is -2.99. The highest BCUT2D eigenvalue weighted by Crippen LogP contribution is 2.27. The molecule has 3 rings (SSSR count). The van der Waals surface area contributed by atoms with Gasteiger partial charge < -0.3 is 15.0 Å². The summed E-state index contributed by atoms with van der Waals surface area (Å²) in [5.41, 5.74) is 2.99. The van der Waals surface area contributed by atoms with E-state index in [0.717, 1.165) is 22.7 Å². The molecule has 0 spiro atoms. The van der Waals surface area contributed by atoms with Gasteiger partial charge in [0.25, 0.3) is 5.91 Å². The number of anilines is 1. The van der Waals surface area contributed by atoms with E-state index < -0.39 is 0 Å². The molecule has 1 heterocycles. The lowest BCUT2D eigenvalue weighted by molar-refractivity contribution is -0.115. The molecule has 0 aromatic heterocycles. The fraction of sp³-hybridized carbons (Fsp3) is 0.143. The maximum Gasteiger partial charge on any atom is 0.264 e. The van der Waals surface area contributed by atoms with Gasteiger partial charge >= 0.3 is 0 Å². The standard InChI is InChI=1S/C21H21N3O2S/c1-24(2)17-11-7-15(8-12-17)5-4-6-19-20(25)23-21(27-19)22-16-9-13-18(26-3)14-10-16/h4-14H,1-3H3,(H,22,23,25)/b5-4+,19-6+. The van der Waals surface area contributed by atoms with Crippen LogP contribution in [0.2, 0.25) is 0 Å². The van der Waals surface area contributed by atoms with Crippen molar-refractivity contribution < 1.29 is 9.53 Å². The normalized spacial score (nSPS) is 16.9. The van der Waals surface area contributed by atoms with Crippen LogP contribution in [0, 0.1) is 0 Å². The van der Waals surface area contributed by atoms with E-state index in [1.165, 1.54) is 11.8 Å². The van der Waals surface area contributed by atoms with E-state index in [1.54, 1.807) is 13.2 Å². The Morgan fingerprint density at radius 2 is 1.78 bits per heavy atom. The molecule has 5 nitrogen and oxygen atoms in total. The van der Waals surface area contributed by atoms with Crippen LogP contribution in [0.15, 0.2) is 70.6 Å². The number of rotatable bonds is 5. The third kappa shape index (κ3) is 5.01. The fourth-order valence-electron chi connectivity index (χ4n) is 2.40. The second kappa shape index (κ2) is 8.60. The van der Waals surface area contributed by atoms with Crippen LogP contribution in [0.1, 0.15) is 5.56 Å². The van der Waals surface area contributed by atoms with Crippen LogP contribution in [0.3, 0.4) is 0 Å². The fourth-order valence-corrected chi connectivity index (χ4v) is 3.19. The molecule has 0 unspecified atom stereocenters. The zero-order valence-electron chi connectivity index (χ0n) is 15.5. The van der Waals surface area contributed by atoms with Crippen LogP contribution in [0.4, 0.5) is 11.4 Å². The molecular weight excluding hydrogens is 358 g/mol. The largest absolute Gasteiger partial charge is 0.497 e. The number of nitrogens with zero attached hydrogens (tertiary/aromatic N) is 2. The molecule has 138 valence electrons. The molecule has 1 fully saturated rings. The molecule has 0 atom stereocenters. The Balaban J connectivity index is 1.66. The second-order valence-electron chi connectivity index (χ2n) is 6.05. The van der Waals surface area contributed by atoms with E-state index >= 15 is 0 Å². The highest BCUT2D eigenvalue weighted by molar-refractivity contribution is 8.18. The minimum absolute atomic E-state index is 0.139. The number of benzene rings is 2. The summed E-state index contributed by atoms with van der Waals surface area (Å²) < 4.78 is 5.13. The first kappa shape index (κ1) is 18.8. The number of nitrogens with one attached hydrogen (secondary N) is 1. The molecule has 0 aliphatic carbocycles. The number of methoxy groups -OCH3 is 1. The zero-order valence-corrected chi connectivity index (χ0v) is 16.3. The van der Waals surface area contributed by atoms with Crippen molar-refractivity contribution in [2.45, 2.75) is 0 Å². The van der Waals surface area contributed by atoms with Crippen LogP contribution < -0.4 is 15.0 Å². The zero-order chi connectivity index (χ0) is 19.2. The number of carbonyl (C=O) groups excluding carboxylic acids is 1. The first-order valence-corrected chi connectivity index (χ1v) is 9.24. The second-order valence-corrected chi connectivity index (χ2v) is 7.08. The van der Waals surface area contributed by atoms with Crippen molar-refractivity contribution >= 4 is 40.3 Å². The Kier molecular flexibility index (Phi) is 5.98. The highest BCUT2D eigenvalue weighted by atomic mass is 32.2. The first-order valence-electron chi connectivity index (χ1n) is 8.43. The van der Waals surface area contributed by atoms with Crippen molar-refractivity contribution in [2.24, 2.45) is 4.99 Å². The number of ether oxygens (including phenoxy) is 1. The number of allylic oxidation sites excluding steroid dienone is 2. The molecule has 1 amide bonds. The van der Waals surface area contributed by atoms with Crippen LogP contribution in [0.5, 0.6) is 5.75 Å². The summed E-state index contributed by atoms with van der Waals surface area (Å²) in [5.74, 6) is 0.631. The summed E-state index contributed by atoms with van der Waals surface area (Å²) >= 11 is 1.33. The first-order chi connectivity index (χ1) is 13.0. The van der Waals surface area contributed by atoms with Crippen LogP contribution >= 0.6 is 11.8 Å². The summed E-state index contributed by atoms with van der Waals surface area (Å²) in [6, 6.07) is 15.6. The monoisotopic (exact) mass is 379 g/mol. The predicted molar refractivity (Wildman–Crippen MR) is 114 cm³/mol. The van der Waals surface area contributed by atoms with Gasteiger partial charge in [-0.1, -0.05) is 24.3 Å². The van der Waals surface area contributed by atoms with E-state index in [-0.39, 0.29) is 5.91 Å². The number of carbonyl (C=O) groups is 1. The summed E-state index contributed by atoms with van der Waals surface area (Å²) in [4.78, 5) is 19.2. The lowest BCUT2D eigenvalue weighted by atomic mass is 10.2. The van der Waals surface area contributed by atoms with Gasteiger partial charge in [-0.3, -0.25) is 4.79 Å². The molecule has 1 aliphatic heterocycles. The number of thioether (sulfide) groups is 1. The van der Waals surface area contributed by atoms with E-state index in [0.29, 0.717) is 10.1 Å². The third-order valence-corrected chi connectivity index (χ3v) is 4.83. The Labute approximate surface area is 163 Å². The van der Waals surface area contributed by atoms with Gasteiger partial charge in [-0.25, -0.2) is 4.99 Å². The van der Waals surface area contributed by atoms with E-state index in [4.69, 9.17) is 4.74 Å². The topological polar surface area (TPSA) is 53.9 Å². The van der Waals surface area contributed by atoms with E-state index in [9.17, 15) is 4.79 Å². The van der Waals surface area contributed by atoms with Gasteiger partial charge in [-0.15, -0.1) is 0 Å². The smallest absolute Gasteiger partial charge is 0.264 e. The number of aliphatic imine (C=N–C) groups is 1. The molecule has 1 N–H and O–H groups in total. The molecule has 1 saturated heterocycles. The lowest BCUT2D eigenvalue weighted by Gasteiger charge is -2.11. The maximum atomic E-state index is 12.1. The van der Waals surface area contributed by atoms with Crippen LogP contribution in [-0.2, 0) is 4.79 Å². The average Bonchev–Trinajstić information content (AvgIpc) is 3.02. The Morgan fingerprint density at radius 1 is 1.07 bits per heavy atom.